The highest BCUT2D eigenvalue weighted by molar-refractivity contribution is 5.77. The molecule has 4 heteroatoms. The summed E-state index contributed by atoms with van der Waals surface area (Å²) in [5.74, 6) is 1.15. The van der Waals surface area contributed by atoms with Crippen LogP contribution < -0.4 is 0 Å². The zero-order valence-electron chi connectivity index (χ0n) is 12.4. The van der Waals surface area contributed by atoms with Crippen LogP contribution in [0.1, 0.15) is 63.0 Å². The van der Waals surface area contributed by atoms with Crippen LogP contribution in [0.2, 0.25) is 0 Å². The van der Waals surface area contributed by atoms with Gasteiger partial charge in [-0.3, -0.25) is 9.48 Å². The number of hydrogen-bond acceptors (Lipinski definition) is 2. The van der Waals surface area contributed by atoms with E-state index < -0.39 is 0 Å². The summed E-state index contributed by atoms with van der Waals surface area (Å²) in [6.07, 6.45) is 13.4. The van der Waals surface area contributed by atoms with Gasteiger partial charge in [-0.05, 0) is 25.2 Å². The molecule has 2 aliphatic rings. The van der Waals surface area contributed by atoms with Crippen LogP contribution >= 0.6 is 0 Å². The lowest BCUT2D eigenvalue weighted by Gasteiger charge is -2.24. The van der Waals surface area contributed by atoms with Gasteiger partial charge >= 0.3 is 0 Å². The number of likely N-dealkylation sites (tertiary alicyclic amines) is 1. The van der Waals surface area contributed by atoms with Crippen molar-refractivity contribution in [2.45, 2.75) is 57.4 Å². The molecular formula is C16H25N3O. The maximum atomic E-state index is 12.5. The van der Waals surface area contributed by atoms with E-state index in [4.69, 9.17) is 0 Å². The van der Waals surface area contributed by atoms with Gasteiger partial charge in [-0.2, -0.15) is 5.10 Å². The summed E-state index contributed by atoms with van der Waals surface area (Å²) >= 11 is 0. The second kappa shape index (κ2) is 5.98. The van der Waals surface area contributed by atoms with E-state index >= 15 is 0 Å². The average molecular weight is 275 g/mol. The molecule has 1 saturated heterocycles. The first-order valence-electron chi connectivity index (χ1n) is 8.02. The maximum absolute atomic E-state index is 12.5. The normalized spacial score (nSPS) is 23.6. The van der Waals surface area contributed by atoms with E-state index in [1.54, 1.807) is 0 Å². The smallest absolute Gasteiger partial charge is 0.223 e. The lowest BCUT2D eigenvalue weighted by Crippen LogP contribution is -2.30. The Kier molecular flexibility index (Phi) is 4.08. The third-order valence-corrected chi connectivity index (χ3v) is 4.92. The molecule has 3 rings (SSSR count). The quantitative estimate of drug-likeness (QED) is 0.847. The Hall–Kier alpha value is -1.32. The first-order valence-corrected chi connectivity index (χ1v) is 8.02. The zero-order valence-corrected chi connectivity index (χ0v) is 12.4. The number of nitrogens with zero attached hydrogens (tertiary/aromatic N) is 3. The average Bonchev–Trinajstić information content (AvgIpc) is 3.16. The van der Waals surface area contributed by atoms with Crippen LogP contribution in [-0.4, -0.2) is 27.1 Å². The Labute approximate surface area is 121 Å². The molecule has 1 aliphatic carbocycles. The van der Waals surface area contributed by atoms with Crippen molar-refractivity contribution < 1.29 is 4.79 Å². The maximum Gasteiger partial charge on any atom is 0.223 e. The van der Waals surface area contributed by atoms with Gasteiger partial charge in [0.25, 0.3) is 0 Å². The van der Waals surface area contributed by atoms with Gasteiger partial charge in [-0.1, -0.05) is 25.7 Å². The van der Waals surface area contributed by atoms with Crippen molar-refractivity contribution in [2.75, 3.05) is 6.54 Å². The van der Waals surface area contributed by atoms with Crippen LogP contribution in [0.25, 0.3) is 0 Å². The molecule has 1 aromatic rings. The number of amides is 1. The van der Waals surface area contributed by atoms with Gasteiger partial charge in [0, 0.05) is 31.8 Å². The summed E-state index contributed by atoms with van der Waals surface area (Å²) in [5, 5.41) is 4.24. The van der Waals surface area contributed by atoms with Crippen molar-refractivity contribution in [1.29, 1.82) is 0 Å². The molecule has 0 spiro atoms. The molecule has 1 aliphatic heterocycles. The Morgan fingerprint density at radius 1 is 1.30 bits per heavy atom. The highest BCUT2D eigenvalue weighted by Crippen LogP contribution is 2.34. The minimum absolute atomic E-state index is 0.264. The number of carbonyl (C=O) groups is 1. The number of carbonyl (C=O) groups excluding carboxylic acids is 1. The number of hydrogen-bond donors (Lipinski definition) is 0. The summed E-state index contributed by atoms with van der Waals surface area (Å²) in [6, 6.07) is 0.264. The Morgan fingerprint density at radius 3 is 2.80 bits per heavy atom. The number of aromatic nitrogens is 2. The van der Waals surface area contributed by atoms with Crippen molar-refractivity contribution in [3.63, 3.8) is 0 Å². The predicted molar refractivity (Wildman–Crippen MR) is 78.1 cm³/mol. The van der Waals surface area contributed by atoms with Crippen molar-refractivity contribution >= 4 is 5.91 Å². The molecule has 0 aromatic carbocycles. The van der Waals surface area contributed by atoms with Crippen molar-refractivity contribution in [3.05, 3.63) is 18.0 Å². The Morgan fingerprint density at radius 2 is 2.10 bits per heavy atom. The summed E-state index contributed by atoms with van der Waals surface area (Å²) in [5.41, 5.74) is 1.19. The molecule has 1 saturated carbocycles. The predicted octanol–water partition coefficient (Wildman–Crippen LogP) is 3.05. The molecule has 1 amide bonds. The van der Waals surface area contributed by atoms with Gasteiger partial charge in [0.2, 0.25) is 5.91 Å². The molecule has 0 unspecified atom stereocenters. The third-order valence-electron chi connectivity index (χ3n) is 4.92. The molecule has 0 radical (unpaired) electrons. The van der Waals surface area contributed by atoms with E-state index in [0.717, 1.165) is 38.1 Å². The van der Waals surface area contributed by atoms with Gasteiger partial charge in [-0.15, -0.1) is 0 Å². The van der Waals surface area contributed by atoms with Crippen LogP contribution in [-0.2, 0) is 11.8 Å². The Bertz CT molecular complexity index is 462. The van der Waals surface area contributed by atoms with Crippen LogP contribution in [0.3, 0.4) is 0 Å². The monoisotopic (exact) mass is 275 g/mol. The number of aryl methyl sites for hydroxylation is 1. The van der Waals surface area contributed by atoms with Crippen LogP contribution in [0.15, 0.2) is 12.4 Å². The van der Waals surface area contributed by atoms with Gasteiger partial charge in [0.1, 0.15) is 0 Å². The molecule has 1 atom stereocenters. The van der Waals surface area contributed by atoms with Crippen LogP contribution in [0.5, 0.6) is 0 Å². The van der Waals surface area contributed by atoms with E-state index in [-0.39, 0.29) is 6.04 Å². The lowest BCUT2D eigenvalue weighted by molar-refractivity contribution is -0.132. The molecular weight excluding hydrogens is 250 g/mol. The van der Waals surface area contributed by atoms with Crippen LogP contribution in [0.4, 0.5) is 0 Å². The molecule has 4 nitrogen and oxygen atoms in total. The van der Waals surface area contributed by atoms with E-state index in [1.807, 2.05) is 24.1 Å². The van der Waals surface area contributed by atoms with Crippen molar-refractivity contribution in [1.82, 2.24) is 14.7 Å². The van der Waals surface area contributed by atoms with Gasteiger partial charge in [0.05, 0.1) is 12.2 Å². The van der Waals surface area contributed by atoms with Gasteiger partial charge < -0.3 is 4.90 Å². The second-order valence-electron chi connectivity index (χ2n) is 6.38. The highest BCUT2D eigenvalue weighted by Gasteiger charge is 2.30. The van der Waals surface area contributed by atoms with Gasteiger partial charge in [-0.25, -0.2) is 0 Å². The zero-order chi connectivity index (χ0) is 13.9. The van der Waals surface area contributed by atoms with Crippen LogP contribution in [0, 0.1) is 5.92 Å². The first kappa shape index (κ1) is 13.7. The number of rotatable bonds is 4. The van der Waals surface area contributed by atoms with Crippen molar-refractivity contribution in [2.24, 2.45) is 13.0 Å². The fourth-order valence-corrected chi connectivity index (χ4v) is 3.79. The standard InChI is InChI=1S/C16H25N3O/c1-18-12-14(11-17-18)15-7-4-10-19(15)16(20)9-8-13-5-2-3-6-13/h11-13,15H,2-10H2,1H3/t15-/m0/s1. The highest BCUT2D eigenvalue weighted by atomic mass is 16.2. The molecule has 0 N–H and O–H groups in total. The SMILES string of the molecule is Cn1cc([C@@H]2CCCN2C(=O)CCC2CCCC2)cn1. The molecule has 20 heavy (non-hydrogen) atoms. The molecule has 2 fully saturated rings. The molecule has 0 bridgehead atoms. The third kappa shape index (κ3) is 2.89. The fourth-order valence-electron chi connectivity index (χ4n) is 3.79. The lowest BCUT2D eigenvalue weighted by atomic mass is 10.0. The fraction of sp³-hybridized carbons (Fsp3) is 0.750. The van der Waals surface area contributed by atoms with E-state index in [0.29, 0.717) is 5.91 Å². The van der Waals surface area contributed by atoms with Crippen molar-refractivity contribution in [3.8, 4) is 0 Å². The second-order valence-corrected chi connectivity index (χ2v) is 6.38. The largest absolute Gasteiger partial charge is 0.336 e. The summed E-state index contributed by atoms with van der Waals surface area (Å²) < 4.78 is 1.83. The molecule has 110 valence electrons. The van der Waals surface area contributed by atoms with E-state index in [9.17, 15) is 4.79 Å². The molecule has 1 aromatic heterocycles. The minimum Gasteiger partial charge on any atom is -0.336 e. The van der Waals surface area contributed by atoms with Gasteiger partial charge in [0.15, 0.2) is 0 Å². The minimum atomic E-state index is 0.264. The Balaban J connectivity index is 1.58. The summed E-state index contributed by atoms with van der Waals surface area (Å²) in [7, 11) is 1.94. The van der Waals surface area contributed by atoms with E-state index in [1.165, 1.54) is 31.2 Å². The molecule has 2 heterocycles. The topological polar surface area (TPSA) is 38.1 Å². The summed E-state index contributed by atoms with van der Waals surface area (Å²) in [4.78, 5) is 14.6. The van der Waals surface area contributed by atoms with E-state index in [2.05, 4.69) is 10.00 Å². The summed E-state index contributed by atoms with van der Waals surface area (Å²) in [6.45, 7) is 0.920. The first-order chi connectivity index (χ1) is 9.74.